The van der Waals surface area contributed by atoms with Crippen molar-refractivity contribution < 1.29 is 8.42 Å². The molecule has 2 aromatic rings. The Bertz CT molecular complexity index is 666. The fourth-order valence-corrected chi connectivity index (χ4v) is 2.66. The summed E-state index contributed by atoms with van der Waals surface area (Å²) in [5, 5.41) is 6.10. The molecule has 0 aliphatic carbocycles. The van der Waals surface area contributed by atoms with Gasteiger partial charge in [0.15, 0.2) is 5.03 Å². The van der Waals surface area contributed by atoms with E-state index in [0.29, 0.717) is 17.1 Å². The molecule has 0 atom stereocenters. The van der Waals surface area contributed by atoms with Crippen LogP contribution in [0.2, 0.25) is 0 Å². The van der Waals surface area contributed by atoms with E-state index in [1.165, 1.54) is 6.20 Å². The maximum Gasteiger partial charge on any atom is 0.258 e. The molecule has 8 nitrogen and oxygen atoms in total. The molecule has 102 valence electrons. The number of nitrogens with zero attached hydrogens (tertiary/aromatic N) is 3. The number of nitrogens with one attached hydrogen (secondary N) is 2. The minimum atomic E-state index is -3.68. The van der Waals surface area contributed by atoms with Crippen LogP contribution in [0.25, 0.3) is 0 Å². The molecule has 0 saturated heterocycles. The van der Waals surface area contributed by atoms with Crippen LogP contribution in [0.3, 0.4) is 0 Å². The molecule has 0 unspecified atom stereocenters. The number of hydrogen-bond acceptors (Lipinski definition) is 6. The molecular formula is C10H14N6O2S. The predicted octanol–water partition coefficient (Wildman–Crippen LogP) is -0.555. The number of hydrogen-bond donors (Lipinski definition) is 3. The van der Waals surface area contributed by atoms with Crippen molar-refractivity contribution in [1.29, 1.82) is 0 Å². The standard InChI is InChI=1S/C10H14N6O2S/c1-7-12-3-2-9(15-7)6-14-19(17,18)10-8(4-11)5-13-16-10/h2-3,5,14H,4,6,11H2,1H3,(H,13,16). The van der Waals surface area contributed by atoms with Crippen LogP contribution in [0, 0.1) is 6.92 Å². The van der Waals surface area contributed by atoms with Crippen molar-refractivity contribution in [3.05, 3.63) is 35.5 Å². The predicted molar refractivity (Wildman–Crippen MR) is 67.3 cm³/mol. The van der Waals surface area contributed by atoms with Gasteiger partial charge < -0.3 is 5.73 Å². The number of nitrogens with two attached hydrogens (primary N) is 1. The molecule has 2 heterocycles. The molecule has 9 heteroatoms. The van der Waals surface area contributed by atoms with E-state index in [2.05, 4.69) is 24.9 Å². The van der Waals surface area contributed by atoms with Crippen LogP contribution < -0.4 is 10.5 Å². The first kappa shape index (κ1) is 13.6. The highest BCUT2D eigenvalue weighted by Crippen LogP contribution is 2.11. The summed E-state index contributed by atoms with van der Waals surface area (Å²) in [6.45, 7) is 1.91. The lowest BCUT2D eigenvalue weighted by molar-refractivity contribution is 0.574. The van der Waals surface area contributed by atoms with E-state index in [1.807, 2.05) is 0 Å². The Morgan fingerprint density at radius 1 is 1.47 bits per heavy atom. The summed E-state index contributed by atoms with van der Waals surface area (Å²) < 4.78 is 26.5. The van der Waals surface area contributed by atoms with Crippen LogP contribution in [0.4, 0.5) is 0 Å². The molecule has 2 aromatic heterocycles. The van der Waals surface area contributed by atoms with Gasteiger partial charge in [0.1, 0.15) is 5.82 Å². The Labute approximate surface area is 110 Å². The number of aromatic nitrogens is 4. The van der Waals surface area contributed by atoms with Crippen LogP contribution in [0.15, 0.2) is 23.5 Å². The van der Waals surface area contributed by atoms with Crippen molar-refractivity contribution >= 4 is 10.0 Å². The minimum absolute atomic E-state index is 0.0132. The second-order valence-electron chi connectivity index (χ2n) is 3.85. The Kier molecular flexibility index (Phi) is 3.88. The Morgan fingerprint density at radius 2 is 2.26 bits per heavy atom. The van der Waals surface area contributed by atoms with Crippen molar-refractivity contribution in [3.8, 4) is 0 Å². The van der Waals surface area contributed by atoms with E-state index in [1.54, 1.807) is 19.2 Å². The van der Waals surface area contributed by atoms with Gasteiger partial charge in [0.05, 0.1) is 18.4 Å². The highest BCUT2D eigenvalue weighted by atomic mass is 32.2. The van der Waals surface area contributed by atoms with Gasteiger partial charge in [-0.25, -0.2) is 23.1 Å². The maximum atomic E-state index is 12.0. The SMILES string of the molecule is Cc1nccc(CNS(=O)(=O)c2[nH]ncc2CN)n1. The molecule has 0 spiro atoms. The topological polar surface area (TPSA) is 127 Å². The molecule has 2 rings (SSSR count). The second-order valence-corrected chi connectivity index (χ2v) is 5.55. The van der Waals surface area contributed by atoms with Crippen molar-refractivity contribution in [2.75, 3.05) is 0 Å². The molecular weight excluding hydrogens is 268 g/mol. The third-order valence-corrected chi connectivity index (χ3v) is 3.86. The average Bonchev–Trinajstić information content (AvgIpc) is 2.86. The second kappa shape index (κ2) is 5.43. The van der Waals surface area contributed by atoms with Crippen molar-refractivity contribution in [3.63, 3.8) is 0 Å². The normalized spacial score (nSPS) is 11.7. The van der Waals surface area contributed by atoms with Crippen molar-refractivity contribution in [2.45, 2.75) is 25.0 Å². The van der Waals surface area contributed by atoms with E-state index in [-0.39, 0.29) is 18.1 Å². The fourth-order valence-electron chi connectivity index (χ4n) is 1.52. The summed E-state index contributed by atoms with van der Waals surface area (Å²) in [5.74, 6) is 0.584. The Morgan fingerprint density at radius 3 is 2.95 bits per heavy atom. The molecule has 0 aliphatic rings. The van der Waals surface area contributed by atoms with Gasteiger partial charge in [-0.1, -0.05) is 0 Å². The summed E-state index contributed by atoms with van der Waals surface area (Å²) in [4.78, 5) is 8.05. The Hall–Kier alpha value is -1.84. The molecule has 19 heavy (non-hydrogen) atoms. The lowest BCUT2D eigenvalue weighted by atomic mass is 10.4. The zero-order chi connectivity index (χ0) is 13.9. The van der Waals surface area contributed by atoms with Crippen molar-refractivity contribution in [2.24, 2.45) is 5.73 Å². The number of rotatable bonds is 5. The summed E-state index contributed by atoms with van der Waals surface area (Å²) in [6, 6.07) is 1.65. The molecule has 0 aliphatic heterocycles. The molecule has 0 radical (unpaired) electrons. The van der Waals surface area contributed by atoms with E-state index < -0.39 is 10.0 Å². The molecule has 0 saturated carbocycles. The number of aromatic amines is 1. The van der Waals surface area contributed by atoms with E-state index >= 15 is 0 Å². The zero-order valence-corrected chi connectivity index (χ0v) is 11.1. The minimum Gasteiger partial charge on any atom is -0.326 e. The number of sulfonamides is 1. The van der Waals surface area contributed by atoms with E-state index in [4.69, 9.17) is 5.73 Å². The molecule has 4 N–H and O–H groups in total. The highest BCUT2D eigenvalue weighted by molar-refractivity contribution is 7.89. The van der Waals surface area contributed by atoms with Crippen LogP contribution in [-0.4, -0.2) is 28.6 Å². The van der Waals surface area contributed by atoms with Crippen LogP contribution >= 0.6 is 0 Å². The summed E-state index contributed by atoms with van der Waals surface area (Å²) in [7, 11) is -3.68. The van der Waals surface area contributed by atoms with Gasteiger partial charge in [0.2, 0.25) is 0 Å². The number of H-pyrrole nitrogens is 1. The highest BCUT2D eigenvalue weighted by Gasteiger charge is 2.19. The number of aryl methyl sites for hydroxylation is 1. The van der Waals surface area contributed by atoms with Crippen LogP contribution in [-0.2, 0) is 23.1 Å². The zero-order valence-electron chi connectivity index (χ0n) is 10.3. The van der Waals surface area contributed by atoms with Gasteiger partial charge in [0.25, 0.3) is 10.0 Å². The fraction of sp³-hybridized carbons (Fsp3) is 0.300. The van der Waals surface area contributed by atoms with E-state index in [9.17, 15) is 8.42 Å². The van der Waals surface area contributed by atoms with Gasteiger partial charge in [0, 0.05) is 18.3 Å². The van der Waals surface area contributed by atoms with Gasteiger partial charge >= 0.3 is 0 Å². The first-order valence-corrected chi connectivity index (χ1v) is 7.02. The van der Waals surface area contributed by atoms with Crippen LogP contribution in [0.1, 0.15) is 17.1 Å². The van der Waals surface area contributed by atoms with Crippen molar-refractivity contribution in [1.82, 2.24) is 24.9 Å². The monoisotopic (exact) mass is 282 g/mol. The van der Waals surface area contributed by atoms with Gasteiger partial charge in [-0.2, -0.15) is 5.10 Å². The van der Waals surface area contributed by atoms with Gasteiger partial charge in [-0.3, -0.25) is 5.10 Å². The first-order valence-electron chi connectivity index (χ1n) is 5.53. The Balaban J connectivity index is 2.14. The van der Waals surface area contributed by atoms with E-state index in [0.717, 1.165) is 0 Å². The third-order valence-electron chi connectivity index (χ3n) is 2.44. The van der Waals surface area contributed by atoms with Crippen LogP contribution in [0.5, 0.6) is 0 Å². The molecule has 0 aromatic carbocycles. The third kappa shape index (κ3) is 3.13. The smallest absolute Gasteiger partial charge is 0.258 e. The lowest BCUT2D eigenvalue weighted by Crippen LogP contribution is -2.25. The largest absolute Gasteiger partial charge is 0.326 e. The quantitative estimate of drug-likeness (QED) is 0.675. The first-order chi connectivity index (χ1) is 9.03. The van der Waals surface area contributed by atoms with Gasteiger partial charge in [-0.05, 0) is 13.0 Å². The molecule has 0 amide bonds. The lowest BCUT2D eigenvalue weighted by Gasteiger charge is -2.06. The average molecular weight is 282 g/mol. The maximum absolute atomic E-state index is 12.0. The summed E-state index contributed by atoms with van der Waals surface area (Å²) in [5.41, 5.74) is 6.47. The van der Waals surface area contributed by atoms with Gasteiger partial charge in [-0.15, -0.1) is 0 Å². The summed E-state index contributed by atoms with van der Waals surface area (Å²) in [6.07, 6.45) is 2.97. The molecule has 0 fully saturated rings. The summed E-state index contributed by atoms with van der Waals surface area (Å²) >= 11 is 0. The molecule has 0 bridgehead atoms.